The first-order valence-corrected chi connectivity index (χ1v) is 6.03. The average Bonchev–Trinajstić information content (AvgIpc) is 2.88. The second-order valence-electron chi connectivity index (χ2n) is 4.49. The van der Waals surface area contributed by atoms with Gasteiger partial charge in [-0.25, -0.2) is 0 Å². The van der Waals surface area contributed by atoms with Crippen LogP contribution in [0.3, 0.4) is 0 Å². The van der Waals surface area contributed by atoms with Crippen LogP contribution in [0.2, 0.25) is 0 Å². The predicted octanol–water partition coefficient (Wildman–Crippen LogP) is 3.68. The fraction of sp³-hybridized carbons (Fsp3) is 0.125. The van der Waals surface area contributed by atoms with E-state index in [0.717, 1.165) is 5.56 Å². The number of nitrogens with zero attached hydrogens (tertiary/aromatic N) is 2. The van der Waals surface area contributed by atoms with Crippen LogP contribution < -0.4 is 0 Å². The van der Waals surface area contributed by atoms with E-state index in [9.17, 15) is 0 Å². The number of rotatable bonds is 2. The molecule has 2 nitrogen and oxygen atoms in total. The van der Waals surface area contributed by atoms with Gasteiger partial charge < -0.3 is 0 Å². The van der Waals surface area contributed by atoms with Crippen molar-refractivity contribution < 1.29 is 0 Å². The molecule has 0 aromatic heterocycles. The van der Waals surface area contributed by atoms with Gasteiger partial charge in [0.25, 0.3) is 0 Å². The number of hydrogen-bond acceptors (Lipinski definition) is 2. The molecule has 1 heterocycles. The first kappa shape index (κ1) is 10.9. The van der Waals surface area contributed by atoms with Crippen LogP contribution in [0.5, 0.6) is 0 Å². The molecule has 0 bridgehead atoms. The van der Waals surface area contributed by atoms with E-state index < -0.39 is 5.66 Å². The lowest BCUT2D eigenvalue weighted by Gasteiger charge is -2.21. The van der Waals surface area contributed by atoms with Gasteiger partial charge in [-0.05, 0) is 18.1 Å². The standard InChI is InChI=1S/C16H14N2/c1-16(17-11-12-18-16)15-10-6-5-9-14(15)13-7-3-2-4-8-13/h2-12H,1H3. The molecular formula is C16H14N2. The monoisotopic (exact) mass is 234 g/mol. The lowest BCUT2D eigenvalue weighted by atomic mass is 9.92. The SMILES string of the molecule is CC1(c2ccccc2-c2ccccc2)N=CC=N1. The molecule has 18 heavy (non-hydrogen) atoms. The number of benzene rings is 2. The highest BCUT2D eigenvalue weighted by molar-refractivity contribution is 6.17. The Morgan fingerprint density at radius 1 is 0.778 bits per heavy atom. The fourth-order valence-corrected chi connectivity index (χ4v) is 2.29. The number of aliphatic imine (C=N–C) groups is 2. The summed E-state index contributed by atoms with van der Waals surface area (Å²) in [5.74, 6) is 0. The molecule has 2 heteroatoms. The van der Waals surface area contributed by atoms with E-state index in [2.05, 4.69) is 52.4 Å². The molecule has 0 saturated heterocycles. The van der Waals surface area contributed by atoms with Crippen LogP contribution in [0.1, 0.15) is 12.5 Å². The van der Waals surface area contributed by atoms with Crippen molar-refractivity contribution >= 4 is 12.4 Å². The molecule has 1 aliphatic heterocycles. The highest BCUT2D eigenvalue weighted by Gasteiger charge is 2.28. The Labute approximate surface area is 107 Å². The molecule has 0 fully saturated rings. The third kappa shape index (κ3) is 1.76. The molecule has 0 aliphatic carbocycles. The minimum absolute atomic E-state index is 0.480. The molecule has 2 aromatic carbocycles. The molecule has 0 spiro atoms. The summed E-state index contributed by atoms with van der Waals surface area (Å²) in [6, 6.07) is 18.7. The molecule has 0 unspecified atom stereocenters. The summed E-state index contributed by atoms with van der Waals surface area (Å²) >= 11 is 0. The van der Waals surface area contributed by atoms with E-state index in [1.807, 2.05) is 19.1 Å². The minimum atomic E-state index is -0.480. The van der Waals surface area contributed by atoms with Crippen LogP contribution >= 0.6 is 0 Å². The zero-order valence-corrected chi connectivity index (χ0v) is 10.2. The van der Waals surface area contributed by atoms with Crippen LogP contribution in [0.25, 0.3) is 11.1 Å². The van der Waals surface area contributed by atoms with Gasteiger partial charge in [0.05, 0.1) is 0 Å². The van der Waals surface area contributed by atoms with Crippen molar-refractivity contribution in [3.63, 3.8) is 0 Å². The fourth-order valence-electron chi connectivity index (χ4n) is 2.29. The Morgan fingerprint density at radius 3 is 2.11 bits per heavy atom. The van der Waals surface area contributed by atoms with Crippen LogP contribution in [-0.4, -0.2) is 12.4 Å². The Hall–Kier alpha value is -2.22. The smallest absolute Gasteiger partial charge is 0.173 e. The molecule has 0 N–H and O–H groups in total. The Balaban J connectivity index is 2.18. The van der Waals surface area contributed by atoms with E-state index in [1.54, 1.807) is 12.4 Å². The van der Waals surface area contributed by atoms with Crippen LogP contribution in [0.15, 0.2) is 64.6 Å². The van der Waals surface area contributed by atoms with Crippen molar-refractivity contribution in [1.29, 1.82) is 0 Å². The van der Waals surface area contributed by atoms with Gasteiger partial charge in [0.2, 0.25) is 0 Å². The van der Waals surface area contributed by atoms with E-state index in [0.29, 0.717) is 0 Å². The third-order valence-corrected chi connectivity index (χ3v) is 3.24. The zero-order valence-electron chi connectivity index (χ0n) is 10.2. The molecule has 3 rings (SSSR count). The van der Waals surface area contributed by atoms with Gasteiger partial charge in [-0.1, -0.05) is 54.6 Å². The highest BCUT2D eigenvalue weighted by atomic mass is 15.1. The molecule has 2 aromatic rings. The van der Waals surface area contributed by atoms with Gasteiger partial charge in [0.1, 0.15) is 0 Å². The molecule has 0 radical (unpaired) electrons. The first-order valence-electron chi connectivity index (χ1n) is 6.03. The zero-order chi connectivity index (χ0) is 12.4. The largest absolute Gasteiger partial charge is 0.258 e. The molecule has 0 saturated carbocycles. The first-order chi connectivity index (χ1) is 8.80. The summed E-state index contributed by atoms with van der Waals surface area (Å²) in [6.45, 7) is 2.04. The lowest BCUT2D eigenvalue weighted by molar-refractivity contribution is 0.545. The maximum atomic E-state index is 4.48. The average molecular weight is 234 g/mol. The van der Waals surface area contributed by atoms with Crippen molar-refractivity contribution in [1.82, 2.24) is 0 Å². The predicted molar refractivity (Wildman–Crippen MR) is 76.2 cm³/mol. The summed E-state index contributed by atoms with van der Waals surface area (Å²) in [5, 5.41) is 0. The highest BCUT2D eigenvalue weighted by Crippen LogP contribution is 2.36. The van der Waals surface area contributed by atoms with Crippen LogP contribution in [0, 0.1) is 0 Å². The van der Waals surface area contributed by atoms with Crippen molar-refractivity contribution in [2.75, 3.05) is 0 Å². The Bertz CT molecular complexity index is 600. The summed E-state index contributed by atoms with van der Waals surface area (Å²) < 4.78 is 0. The van der Waals surface area contributed by atoms with Gasteiger partial charge in [0.15, 0.2) is 5.66 Å². The van der Waals surface area contributed by atoms with Crippen molar-refractivity contribution in [3.05, 3.63) is 60.2 Å². The normalized spacial score (nSPS) is 16.1. The Morgan fingerprint density at radius 2 is 1.39 bits per heavy atom. The minimum Gasteiger partial charge on any atom is -0.258 e. The molecule has 0 atom stereocenters. The molecular weight excluding hydrogens is 220 g/mol. The number of hydrogen-bond donors (Lipinski definition) is 0. The topological polar surface area (TPSA) is 24.7 Å². The Kier molecular flexibility index (Phi) is 2.56. The molecule has 0 amide bonds. The van der Waals surface area contributed by atoms with E-state index in [4.69, 9.17) is 0 Å². The second kappa shape index (κ2) is 4.22. The summed E-state index contributed by atoms with van der Waals surface area (Å²) in [7, 11) is 0. The van der Waals surface area contributed by atoms with E-state index in [-0.39, 0.29) is 0 Å². The van der Waals surface area contributed by atoms with Crippen molar-refractivity contribution in [2.24, 2.45) is 9.98 Å². The second-order valence-corrected chi connectivity index (χ2v) is 4.49. The van der Waals surface area contributed by atoms with E-state index in [1.165, 1.54) is 11.1 Å². The van der Waals surface area contributed by atoms with Gasteiger partial charge in [0, 0.05) is 18.0 Å². The lowest BCUT2D eigenvalue weighted by Crippen LogP contribution is -2.14. The van der Waals surface area contributed by atoms with Gasteiger partial charge >= 0.3 is 0 Å². The van der Waals surface area contributed by atoms with Gasteiger partial charge in [-0.3, -0.25) is 9.98 Å². The van der Waals surface area contributed by atoms with E-state index >= 15 is 0 Å². The van der Waals surface area contributed by atoms with Crippen molar-refractivity contribution in [3.8, 4) is 11.1 Å². The maximum Gasteiger partial charge on any atom is 0.173 e. The third-order valence-electron chi connectivity index (χ3n) is 3.24. The molecule has 1 aliphatic rings. The molecule has 88 valence electrons. The quantitative estimate of drug-likeness (QED) is 0.757. The van der Waals surface area contributed by atoms with Crippen LogP contribution in [-0.2, 0) is 5.66 Å². The van der Waals surface area contributed by atoms with Crippen molar-refractivity contribution in [2.45, 2.75) is 12.6 Å². The maximum absolute atomic E-state index is 4.48. The van der Waals surface area contributed by atoms with Crippen LogP contribution in [0.4, 0.5) is 0 Å². The summed E-state index contributed by atoms with van der Waals surface area (Å²) in [6.07, 6.45) is 3.53. The van der Waals surface area contributed by atoms with Gasteiger partial charge in [-0.15, -0.1) is 0 Å². The van der Waals surface area contributed by atoms with Gasteiger partial charge in [-0.2, -0.15) is 0 Å². The summed E-state index contributed by atoms with van der Waals surface area (Å²) in [4.78, 5) is 8.95. The summed E-state index contributed by atoms with van der Waals surface area (Å²) in [5.41, 5.74) is 3.05.